The average molecular weight is 422 g/mol. The molecule has 1 amide bonds. The second-order valence-electron chi connectivity index (χ2n) is 8.11. The summed E-state index contributed by atoms with van der Waals surface area (Å²) in [7, 11) is 0. The number of hydrogen-bond donors (Lipinski definition) is 2. The van der Waals surface area contributed by atoms with E-state index in [2.05, 4.69) is 10.3 Å². The SMILES string of the molecule is Cc1[nH]c(=O)c(F)c(C)c1C(=O)N[C@H](c1cccc(F)c1-c1ccccc1)C1CCC1. The Kier molecular flexibility index (Phi) is 5.72. The fraction of sp³-hybridized carbons (Fsp3) is 0.280. The number of amides is 1. The van der Waals surface area contributed by atoms with Crippen LogP contribution in [0.3, 0.4) is 0 Å². The minimum absolute atomic E-state index is 0.00799. The molecule has 160 valence electrons. The summed E-state index contributed by atoms with van der Waals surface area (Å²) in [4.78, 5) is 27.3. The number of benzene rings is 2. The molecule has 1 fully saturated rings. The zero-order chi connectivity index (χ0) is 22.1. The highest BCUT2D eigenvalue weighted by Crippen LogP contribution is 2.42. The predicted molar refractivity (Wildman–Crippen MR) is 116 cm³/mol. The van der Waals surface area contributed by atoms with E-state index in [-0.39, 0.29) is 22.9 Å². The van der Waals surface area contributed by atoms with E-state index in [4.69, 9.17) is 0 Å². The van der Waals surface area contributed by atoms with Gasteiger partial charge in [-0.15, -0.1) is 0 Å². The standard InChI is InChI=1S/C25H24F2N2O2/c1-14-20(15(2)28-25(31)22(14)27)24(30)29-23(17-10-6-11-17)18-12-7-13-19(26)21(18)16-8-4-3-5-9-16/h3-5,7-9,12-13,17,23H,6,10-11H2,1-2H3,(H,28,31)(H,29,30)/t23-/m0/s1. The van der Waals surface area contributed by atoms with Crippen LogP contribution in [0.4, 0.5) is 8.78 Å². The molecule has 0 aliphatic heterocycles. The van der Waals surface area contributed by atoms with Crippen molar-refractivity contribution in [1.29, 1.82) is 0 Å². The molecule has 4 rings (SSSR count). The minimum atomic E-state index is -0.966. The maximum Gasteiger partial charge on any atom is 0.284 e. The van der Waals surface area contributed by atoms with E-state index in [0.29, 0.717) is 16.8 Å². The van der Waals surface area contributed by atoms with Gasteiger partial charge in [-0.2, -0.15) is 0 Å². The zero-order valence-electron chi connectivity index (χ0n) is 17.5. The van der Waals surface area contributed by atoms with Crippen molar-refractivity contribution in [2.24, 2.45) is 5.92 Å². The maximum absolute atomic E-state index is 15.0. The number of halogens is 2. The largest absolute Gasteiger partial charge is 0.345 e. The Morgan fingerprint density at radius 1 is 1.06 bits per heavy atom. The second kappa shape index (κ2) is 8.46. The summed E-state index contributed by atoms with van der Waals surface area (Å²) in [6.45, 7) is 2.99. The van der Waals surface area contributed by atoms with Crippen LogP contribution >= 0.6 is 0 Å². The third-order valence-corrected chi connectivity index (χ3v) is 6.16. The number of pyridine rings is 1. The number of aromatic amines is 1. The topological polar surface area (TPSA) is 62.0 Å². The van der Waals surface area contributed by atoms with Crippen LogP contribution in [0, 0.1) is 31.4 Å². The zero-order valence-corrected chi connectivity index (χ0v) is 17.5. The molecule has 31 heavy (non-hydrogen) atoms. The molecule has 2 aromatic carbocycles. The molecule has 3 aromatic rings. The number of aryl methyl sites for hydroxylation is 1. The Morgan fingerprint density at radius 2 is 1.77 bits per heavy atom. The van der Waals surface area contributed by atoms with Gasteiger partial charge in [0.25, 0.3) is 11.5 Å². The lowest BCUT2D eigenvalue weighted by Gasteiger charge is -2.36. The molecular weight excluding hydrogens is 398 g/mol. The quantitative estimate of drug-likeness (QED) is 0.593. The fourth-order valence-corrected chi connectivity index (χ4v) is 4.34. The van der Waals surface area contributed by atoms with Crippen molar-refractivity contribution in [3.63, 3.8) is 0 Å². The summed E-state index contributed by atoms with van der Waals surface area (Å²) in [6, 6.07) is 13.7. The summed E-state index contributed by atoms with van der Waals surface area (Å²) in [5.41, 5.74) is 1.46. The fourth-order valence-electron chi connectivity index (χ4n) is 4.34. The van der Waals surface area contributed by atoms with E-state index in [1.165, 1.54) is 13.0 Å². The van der Waals surface area contributed by atoms with Gasteiger partial charge in [0.1, 0.15) is 5.82 Å². The van der Waals surface area contributed by atoms with Crippen molar-refractivity contribution < 1.29 is 13.6 Å². The van der Waals surface area contributed by atoms with Gasteiger partial charge in [0.05, 0.1) is 11.6 Å². The molecule has 0 saturated heterocycles. The minimum Gasteiger partial charge on any atom is -0.345 e. The summed E-state index contributed by atoms with van der Waals surface area (Å²) in [5, 5.41) is 3.02. The van der Waals surface area contributed by atoms with Crippen LogP contribution in [-0.4, -0.2) is 10.9 Å². The molecule has 1 aliphatic carbocycles. The van der Waals surface area contributed by atoms with E-state index in [0.717, 1.165) is 24.8 Å². The van der Waals surface area contributed by atoms with E-state index >= 15 is 0 Å². The molecule has 2 N–H and O–H groups in total. The molecule has 4 nitrogen and oxygen atoms in total. The maximum atomic E-state index is 15.0. The number of H-pyrrole nitrogens is 1. The van der Waals surface area contributed by atoms with Gasteiger partial charge < -0.3 is 10.3 Å². The van der Waals surface area contributed by atoms with Crippen molar-refractivity contribution >= 4 is 5.91 Å². The lowest BCUT2D eigenvalue weighted by molar-refractivity contribution is 0.0898. The number of rotatable bonds is 5. The number of nitrogens with one attached hydrogen (secondary N) is 2. The first-order chi connectivity index (χ1) is 14.9. The number of carbonyl (C=O) groups is 1. The molecule has 0 spiro atoms. The molecule has 1 atom stereocenters. The highest BCUT2D eigenvalue weighted by Gasteiger charge is 2.33. The van der Waals surface area contributed by atoms with Crippen LogP contribution in [0.25, 0.3) is 11.1 Å². The van der Waals surface area contributed by atoms with Crippen molar-refractivity contribution in [1.82, 2.24) is 10.3 Å². The van der Waals surface area contributed by atoms with Crippen molar-refractivity contribution in [3.05, 3.63) is 92.9 Å². The van der Waals surface area contributed by atoms with Gasteiger partial charge in [0.2, 0.25) is 0 Å². The van der Waals surface area contributed by atoms with Crippen LogP contribution in [0.1, 0.15) is 52.5 Å². The van der Waals surface area contributed by atoms with Crippen LogP contribution in [-0.2, 0) is 0 Å². The molecule has 6 heteroatoms. The van der Waals surface area contributed by atoms with Crippen LogP contribution in [0.15, 0.2) is 53.3 Å². The van der Waals surface area contributed by atoms with Crippen LogP contribution in [0.5, 0.6) is 0 Å². The molecule has 0 radical (unpaired) electrons. The summed E-state index contributed by atoms with van der Waals surface area (Å²) in [6.07, 6.45) is 2.86. The summed E-state index contributed by atoms with van der Waals surface area (Å²) < 4.78 is 29.2. The highest BCUT2D eigenvalue weighted by atomic mass is 19.1. The van der Waals surface area contributed by atoms with Gasteiger partial charge in [-0.25, -0.2) is 8.78 Å². The Morgan fingerprint density at radius 3 is 2.42 bits per heavy atom. The first-order valence-corrected chi connectivity index (χ1v) is 10.4. The highest BCUT2D eigenvalue weighted by molar-refractivity contribution is 5.97. The molecule has 1 heterocycles. The van der Waals surface area contributed by atoms with Gasteiger partial charge in [-0.3, -0.25) is 9.59 Å². The molecular formula is C25H24F2N2O2. The van der Waals surface area contributed by atoms with Crippen molar-refractivity contribution in [3.8, 4) is 11.1 Å². The molecule has 1 aromatic heterocycles. The summed E-state index contributed by atoms with van der Waals surface area (Å²) in [5.74, 6) is -1.65. The first kappa shape index (κ1) is 21.0. The van der Waals surface area contributed by atoms with Gasteiger partial charge in [-0.1, -0.05) is 48.9 Å². The average Bonchev–Trinajstić information content (AvgIpc) is 2.71. The molecule has 0 unspecified atom stereocenters. The number of hydrogen-bond acceptors (Lipinski definition) is 2. The van der Waals surface area contributed by atoms with E-state index in [1.807, 2.05) is 36.4 Å². The van der Waals surface area contributed by atoms with Crippen LogP contribution in [0.2, 0.25) is 0 Å². The van der Waals surface area contributed by atoms with E-state index in [1.54, 1.807) is 13.0 Å². The van der Waals surface area contributed by atoms with Gasteiger partial charge >= 0.3 is 0 Å². The third-order valence-electron chi connectivity index (χ3n) is 6.16. The van der Waals surface area contributed by atoms with E-state index in [9.17, 15) is 18.4 Å². The predicted octanol–water partition coefficient (Wildman–Crippen LogP) is 5.21. The van der Waals surface area contributed by atoms with Crippen molar-refractivity contribution in [2.45, 2.75) is 39.2 Å². The summed E-state index contributed by atoms with van der Waals surface area (Å²) >= 11 is 0. The molecule has 0 bridgehead atoms. The van der Waals surface area contributed by atoms with E-state index < -0.39 is 23.3 Å². The Balaban J connectivity index is 1.78. The van der Waals surface area contributed by atoms with Gasteiger partial charge in [0, 0.05) is 16.8 Å². The smallest absolute Gasteiger partial charge is 0.284 e. The Labute approximate surface area is 179 Å². The Hall–Kier alpha value is -3.28. The van der Waals surface area contributed by atoms with Gasteiger partial charge in [0.15, 0.2) is 5.82 Å². The Bertz CT molecular complexity index is 1180. The second-order valence-corrected chi connectivity index (χ2v) is 8.11. The monoisotopic (exact) mass is 422 g/mol. The number of aromatic nitrogens is 1. The molecule has 1 aliphatic rings. The van der Waals surface area contributed by atoms with Crippen molar-refractivity contribution in [2.75, 3.05) is 0 Å². The lowest BCUT2D eigenvalue weighted by Crippen LogP contribution is -2.38. The number of carbonyl (C=O) groups excluding carboxylic acids is 1. The third kappa shape index (κ3) is 3.90. The lowest BCUT2D eigenvalue weighted by atomic mass is 9.75. The molecule has 1 saturated carbocycles. The van der Waals surface area contributed by atoms with Crippen LogP contribution < -0.4 is 10.9 Å². The normalized spacial score (nSPS) is 14.7. The van der Waals surface area contributed by atoms with Gasteiger partial charge in [-0.05, 0) is 49.8 Å². The first-order valence-electron chi connectivity index (χ1n) is 10.4.